The second-order valence-corrected chi connectivity index (χ2v) is 7.00. The quantitative estimate of drug-likeness (QED) is 0.456. The lowest BCUT2D eigenvalue weighted by molar-refractivity contribution is 0.519. The molecule has 0 atom stereocenters. The number of nitrogens with zero attached hydrogens (tertiary/aromatic N) is 2. The monoisotopic (exact) mass is 393 g/mol. The zero-order valence-electron chi connectivity index (χ0n) is 16.2. The second kappa shape index (κ2) is 7.72. The molecule has 0 fully saturated rings. The number of aromatic nitrogens is 3. The molecule has 0 spiro atoms. The van der Waals surface area contributed by atoms with Crippen molar-refractivity contribution in [2.24, 2.45) is 0 Å². The lowest BCUT2D eigenvalue weighted by Crippen LogP contribution is -2.16. The molecule has 0 radical (unpaired) electrons. The van der Waals surface area contributed by atoms with Gasteiger partial charge in [-0.2, -0.15) is 0 Å². The van der Waals surface area contributed by atoms with Crippen molar-refractivity contribution in [2.45, 2.75) is 6.42 Å². The van der Waals surface area contributed by atoms with Crippen LogP contribution < -0.4 is 5.56 Å². The minimum atomic E-state index is -0.137. The van der Waals surface area contributed by atoms with Gasteiger partial charge in [0.05, 0.1) is 24.1 Å². The Balaban J connectivity index is 1.65. The third kappa shape index (κ3) is 3.49. The number of fused-ring (bicyclic) bond motifs is 1. The highest BCUT2D eigenvalue weighted by Gasteiger charge is 2.19. The molecule has 2 aromatic carbocycles. The number of furan rings is 1. The molecule has 0 saturated carbocycles. The van der Waals surface area contributed by atoms with Gasteiger partial charge >= 0.3 is 0 Å². The van der Waals surface area contributed by atoms with Gasteiger partial charge in [-0.1, -0.05) is 66.7 Å². The van der Waals surface area contributed by atoms with Crippen molar-refractivity contribution in [1.29, 1.82) is 0 Å². The van der Waals surface area contributed by atoms with Gasteiger partial charge in [0, 0.05) is 6.20 Å². The van der Waals surface area contributed by atoms with E-state index >= 15 is 0 Å². The number of hydrogen-bond acceptors (Lipinski definition) is 3. The first-order valence-corrected chi connectivity index (χ1v) is 9.73. The van der Waals surface area contributed by atoms with Crippen LogP contribution in [0.15, 0.2) is 94.5 Å². The van der Waals surface area contributed by atoms with Crippen LogP contribution in [-0.2, 0) is 6.42 Å². The van der Waals surface area contributed by atoms with Crippen LogP contribution in [0.1, 0.15) is 22.7 Å². The zero-order chi connectivity index (χ0) is 20.3. The fourth-order valence-electron chi connectivity index (χ4n) is 3.45. The van der Waals surface area contributed by atoms with Crippen LogP contribution in [0.3, 0.4) is 0 Å². The minimum Gasteiger partial charge on any atom is -0.469 e. The molecule has 3 aromatic rings. The molecule has 0 saturated heterocycles. The van der Waals surface area contributed by atoms with Crippen molar-refractivity contribution in [3.8, 4) is 17.1 Å². The molecule has 0 amide bonds. The smallest absolute Gasteiger partial charge is 0.278 e. The first kappa shape index (κ1) is 17.9. The molecule has 0 bridgehead atoms. The van der Waals surface area contributed by atoms with Gasteiger partial charge in [-0.25, -0.2) is 4.98 Å². The highest BCUT2D eigenvalue weighted by Crippen LogP contribution is 2.23. The van der Waals surface area contributed by atoms with Gasteiger partial charge in [-0.3, -0.25) is 9.36 Å². The van der Waals surface area contributed by atoms with Crippen molar-refractivity contribution >= 4 is 12.2 Å². The minimum absolute atomic E-state index is 0.137. The van der Waals surface area contributed by atoms with E-state index in [1.165, 1.54) is 0 Å². The molecule has 1 aromatic heterocycles. The predicted octanol–water partition coefficient (Wildman–Crippen LogP) is 5.02. The number of imidazole rings is 1. The van der Waals surface area contributed by atoms with Crippen LogP contribution in [0, 0.1) is 0 Å². The normalized spacial score (nSPS) is 11.5. The number of aromatic amines is 1. The molecule has 5 heteroatoms. The Bertz CT molecular complexity index is 1310. The average Bonchev–Trinajstić information content (AvgIpc) is 3.42. The summed E-state index contributed by atoms with van der Waals surface area (Å²) in [6.45, 7) is 0. The fraction of sp³-hybridized carbons (Fsp3) is 0.0400. The van der Waals surface area contributed by atoms with E-state index in [1.807, 2.05) is 91.1 Å². The standard InChI is InChI=1S/C25H19N3O2/c29-25-22(16-20-12-7-15-30-20)27-24-21(14-13-18-8-3-1-4-9-18)26-23(17-28(24)25)19-10-5-2-6-11-19/h1-15,17,26H,16H2/b14-13+. The molecule has 5 nitrogen and oxygen atoms in total. The van der Waals surface area contributed by atoms with Crippen molar-refractivity contribution in [1.82, 2.24) is 14.5 Å². The average molecular weight is 393 g/mol. The SMILES string of the molecule is O=c1c(Cc2ccco2)nc2c(/C=C/c3ccccc3)[nH]c(-c3ccccc3)cn1-2. The van der Waals surface area contributed by atoms with Gasteiger partial charge in [-0.05, 0) is 29.3 Å². The molecule has 146 valence electrons. The van der Waals surface area contributed by atoms with Crippen LogP contribution >= 0.6 is 0 Å². The molecule has 5 rings (SSSR count). The van der Waals surface area contributed by atoms with Crippen LogP contribution in [0.5, 0.6) is 0 Å². The van der Waals surface area contributed by atoms with E-state index in [0.29, 0.717) is 23.7 Å². The Morgan fingerprint density at radius 3 is 2.43 bits per heavy atom. The molecule has 0 aliphatic carbocycles. The fourth-order valence-corrected chi connectivity index (χ4v) is 3.45. The van der Waals surface area contributed by atoms with E-state index in [2.05, 4.69) is 9.97 Å². The molecule has 1 N–H and O–H groups in total. The van der Waals surface area contributed by atoms with Gasteiger partial charge in [0.15, 0.2) is 5.82 Å². The molecular formula is C25H19N3O2. The van der Waals surface area contributed by atoms with Crippen molar-refractivity contribution in [3.05, 3.63) is 118 Å². The summed E-state index contributed by atoms with van der Waals surface area (Å²) in [5.41, 5.74) is 3.99. The second-order valence-electron chi connectivity index (χ2n) is 7.00. The topological polar surface area (TPSA) is 63.8 Å². The molecule has 2 aliphatic heterocycles. The number of benzene rings is 2. The first-order valence-electron chi connectivity index (χ1n) is 9.73. The number of H-pyrrole nitrogens is 1. The Morgan fingerprint density at radius 2 is 1.70 bits per heavy atom. The first-order chi connectivity index (χ1) is 14.8. The van der Waals surface area contributed by atoms with E-state index in [-0.39, 0.29) is 5.56 Å². The van der Waals surface area contributed by atoms with E-state index in [1.54, 1.807) is 10.8 Å². The van der Waals surface area contributed by atoms with Gasteiger partial charge < -0.3 is 9.40 Å². The Hall–Kier alpha value is -4.12. The summed E-state index contributed by atoms with van der Waals surface area (Å²) in [5, 5.41) is 0. The third-order valence-electron chi connectivity index (χ3n) is 4.95. The molecule has 2 aliphatic rings. The van der Waals surface area contributed by atoms with Gasteiger partial charge in [0.2, 0.25) is 0 Å². The van der Waals surface area contributed by atoms with Crippen LogP contribution in [0.2, 0.25) is 0 Å². The molecule has 0 unspecified atom stereocenters. The van der Waals surface area contributed by atoms with E-state index in [4.69, 9.17) is 4.42 Å². The van der Waals surface area contributed by atoms with Crippen LogP contribution in [-0.4, -0.2) is 14.5 Å². The lowest BCUT2D eigenvalue weighted by atomic mass is 10.1. The highest BCUT2D eigenvalue weighted by molar-refractivity contribution is 5.73. The Kier molecular flexibility index (Phi) is 4.62. The number of rotatable bonds is 5. The Labute approximate surface area is 173 Å². The molecule has 3 heterocycles. The number of hydrogen-bond donors (Lipinski definition) is 1. The van der Waals surface area contributed by atoms with Crippen LogP contribution in [0.25, 0.3) is 29.2 Å². The summed E-state index contributed by atoms with van der Waals surface area (Å²) < 4.78 is 7.02. The van der Waals surface area contributed by atoms with Crippen molar-refractivity contribution in [3.63, 3.8) is 0 Å². The molecule has 30 heavy (non-hydrogen) atoms. The number of nitrogens with one attached hydrogen (secondary N) is 1. The van der Waals surface area contributed by atoms with Gasteiger partial charge in [-0.15, -0.1) is 0 Å². The summed E-state index contributed by atoms with van der Waals surface area (Å²) in [7, 11) is 0. The maximum Gasteiger partial charge on any atom is 0.278 e. The summed E-state index contributed by atoms with van der Waals surface area (Å²) >= 11 is 0. The van der Waals surface area contributed by atoms with E-state index in [0.717, 1.165) is 22.5 Å². The van der Waals surface area contributed by atoms with E-state index < -0.39 is 0 Å². The van der Waals surface area contributed by atoms with Gasteiger partial charge in [0.25, 0.3) is 5.56 Å². The lowest BCUT2D eigenvalue weighted by Gasteiger charge is -2.10. The zero-order valence-corrected chi connectivity index (χ0v) is 16.2. The van der Waals surface area contributed by atoms with E-state index in [9.17, 15) is 4.79 Å². The predicted molar refractivity (Wildman–Crippen MR) is 118 cm³/mol. The van der Waals surface area contributed by atoms with Gasteiger partial charge in [0.1, 0.15) is 11.5 Å². The van der Waals surface area contributed by atoms with Crippen molar-refractivity contribution < 1.29 is 4.42 Å². The summed E-state index contributed by atoms with van der Waals surface area (Å²) in [6, 6.07) is 23.6. The third-order valence-corrected chi connectivity index (χ3v) is 4.95. The largest absolute Gasteiger partial charge is 0.469 e. The highest BCUT2D eigenvalue weighted by atomic mass is 16.3. The maximum atomic E-state index is 13.1. The maximum absolute atomic E-state index is 13.1. The Morgan fingerprint density at radius 1 is 0.933 bits per heavy atom. The molecular weight excluding hydrogens is 374 g/mol. The summed E-state index contributed by atoms with van der Waals surface area (Å²) in [6.07, 6.45) is 7.73. The summed E-state index contributed by atoms with van der Waals surface area (Å²) in [4.78, 5) is 21.2. The summed E-state index contributed by atoms with van der Waals surface area (Å²) in [5.74, 6) is 1.30. The van der Waals surface area contributed by atoms with Crippen molar-refractivity contribution in [2.75, 3.05) is 0 Å². The van der Waals surface area contributed by atoms with Crippen LogP contribution in [0.4, 0.5) is 0 Å².